The molecule has 3 atom stereocenters. The summed E-state index contributed by atoms with van der Waals surface area (Å²) in [5, 5.41) is 2.87. The number of amides is 1. The predicted molar refractivity (Wildman–Crippen MR) is 85.3 cm³/mol. The zero-order valence-corrected chi connectivity index (χ0v) is 13.7. The Morgan fingerprint density at radius 2 is 2.14 bits per heavy atom. The number of ether oxygens (including phenoxy) is 2. The number of aromatic nitrogens is 1. The summed E-state index contributed by atoms with van der Waals surface area (Å²) in [7, 11) is 1.61. The van der Waals surface area contributed by atoms with Crippen LogP contribution in [0.2, 0.25) is 0 Å². The SMILES string of the molecule is COC[C@H](C)NC(=O)c1ccc(N2C[C@@H](C)O[C@@H](C)C2)nc1. The van der Waals surface area contributed by atoms with Gasteiger partial charge in [-0.3, -0.25) is 4.79 Å². The van der Waals surface area contributed by atoms with Crippen LogP contribution < -0.4 is 10.2 Å². The summed E-state index contributed by atoms with van der Waals surface area (Å²) in [4.78, 5) is 18.7. The fourth-order valence-electron chi connectivity index (χ4n) is 2.67. The molecule has 122 valence electrons. The number of carbonyl (C=O) groups excluding carboxylic acids is 1. The van der Waals surface area contributed by atoms with E-state index in [4.69, 9.17) is 9.47 Å². The van der Waals surface area contributed by atoms with Gasteiger partial charge in [-0.1, -0.05) is 0 Å². The van der Waals surface area contributed by atoms with E-state index in [0.717, 1.165) is 18.9 Å². The molecule has 2 rings (SSSR count). The first-order valence-corrected chi connectivity index (χ1v) is 7.66. The molecule has 2 heterocycles. The molecular formula is C16H25N3O3. The van der Waals surface area contributed by atoms with E-state index in [2.05, 4.69) is 29.0 Å². The topological polar surface area (TPSA) is 63.7 Å². The lowest BCUT2D eigenvalue weighted by Gasteiger charge is -2.36. The van der Waals surface area contributed by atoms with Crippen LogP contribution in [0.4, 0.5) is 5.82 Å². The summed E-state index contributed by atoms with van der Waals surface area (Å²) in [6, 6.07) is 3.67. The molecule has 0 saturated carbocycles. The van der Waals surface area contributed by atoms with Crippen molar-refractivity contribution < 1.29 is 14.3 Å². The molecule has 1 saturated heterocycles. The number of carbonyl (C=O) groups is 1. The summed E-state index contributed by atoms with van der Waals surface area (Å²) in [6.07, 6.45) is 1.99. The minimum atomic E-state index is -0.132. The second-order valence-electron chi connectivity index (χ2n) is 5.90. The first-order chi connectivity index (χ1) is 10.5. The van der Waals surface area contributed by atoms with Crippen LogP contribution >= 0.6 is 0 Å². The maximum absolute atomic E-state index is 12.1. The van der Waals surface area contributed by atoms with E-state index in [0.29, 0.717) is 12.2 Å². The minimum Gasteiger partial charge on any atom is -0.383 e. The number of anilines is 1. The maximum Gasteiger partial charge on any atom is 0.253 e. The van der Waals surface area contributed by atoms with Crippen LogP contribution in [0, 0.1) is 0 Å². The number of nitrogens with zero attached hydrogens (tertiary/aromatic N) is 2. The molecule has 0 radical (unpaired) electrons. The molecule has 1 N–H and O–H groups in total. The monoisotopic (exact) mass is 307 g/mol. The molecule has 0 unspecified atom stereocenters. The maximum atomic E-state index is 12.1. The largest absolute Gasteiger partial charge is 0.383 e. The van der Waals surface area contributed by atoms with Crippen LogP contribution in [0.1, 0.15) is 31.1 Å². The van der Waals surface area contributed by atoms with Crippen molar-refractivity contribution in [2.75, 3.05) is 31.7 Å². The van der Waals surface area contributed by atoms with E-state index >= 15 is 0 Å². The van der Waals surface area contributed by atoms with Crippen molar-refractivity contribution in [2.24, 2.45) is 0 Å². The van der Waals surface area contributed by atoms with Crippen molar-refractivity contribution in [3.05, 3.63) is 23.9 Å². The van der Waals surface area contributed by atoms with Gasteiger partial charge in [-0.05, 0) is 32.9 Å². The van der Waals surface area contributed by atoms with Gasteiger partial charge in [0.2, 0.25) is 0 Å². The van der Waals surface area contributed by atoms with Crippen LogP contribution in [-0.4, -0.2) is 55.9 Å². The van der Waals surface area contributed by atoms with Crippen molar-refractivity contribution in [1.82, 2.24) is 10.3 Å². The zero-order chi connectivity index (χ0) is 16.1. The summed E-state index contributed by atoms with van der Waals surface area (Å²) < 4.78 is 10.7. The van der Waals surface area contributed by atoms with Crippen LogP contribution in [0.5, 0.6) is 0 Å². The molecule has 1 aromatic rings. The van der Waals surface area contributed by atoms with Gasteiger partial charge in [0.25, 0.3) is 5.91 Å². The Bertz CT molecular complexity index is 482. The average molecular weight is 307 g/mol. The number of morpholine rings is 1. The molecule has 0 spiro atoms. The van der Waals surface area contributed by atoms with E-state index in [1.165, 1.54) is 0 Å². The number of methoxy groups -OCH3 is 1. The third-order valence-corrected chi connectivity index (χ3v) is 3.55. The summed E-state index contributed by atoms with van der Waals surface area (Å²) >= 11 is 0. The highest BCUT2D eigenvalue weighted by Crippen LogP contribution is 2.18. The van der Waals surface area contributed by atoms with Crippen molar-refractivity contribution in [3.8, 4) is 0 Å². The average Bonchev–Trinajstić information content (AvgIpc) is 2.46. The van der Waals surface area contributed by atoms with E-state index in [-0.39, 0.29) is 24.2 Å². The molecule has 1 aromatic heterocycles. The number of hydrogen-bond donors (Lipinski definition) is 1. The van der Waals surface area contributed by atoms with Gasteiger partial charge in [0, 0.05) is 32.4 Å². The third-order valence-electron chi connectivity index (χ3n) is 3.55. The molecule has 0 aliphatic carbocycles. The van der Waals surface area contributed by atoms with Crippen LogP contribution in [-0.2, 0) is 9.47 Å². The highest BCUT2D eigenvalue weighted by Gasteiger charge is 2.23. The van der Waals surface area contributed by atoms with Crippen molar-refractivity contribution in [1.29, 1.82) is 0 Å². The Morgan fingerprint density at radius 1 is 1.45 bits per heavy atom. The lowest BCUT2D eigenvalue weighted by Crippen LogP contribution is -2.45. The van der Waals surface area contributed by atoms with E-state index in [1.807, 2.05) is 19.1 Å². The fourth-order valence-corrected chi connectivity index (χ4v) is 2.67. The molecule has 0 bridgehead atoms. The lowest BCUT2D eigenvalue weighted by atomic mass is 10.2. The third kappa shape index (κ3) is 4.42. The summed E-state index contributed by atoms with van der Waals surface area (Å²) in [5.41, 5.74) is 0.557. The number of hydrogen-bond acceptors (Lipinski definition) is 5. The number of nitrogens with one attached hydrogen (secondary N) is 1. The molecule has 1 aliphatic heterocycles. The summed E-state index contributed by atoms with van der Waals surface area (Å²) in [6.45, 7) is 8.13. The summed E-state index contributed by atoms with van der Waals surface area (Å²) in [5.74, 6) is 0.746. The lowest BCUT2D eigenvalue weighted by molar-refractivity contribution is -0.00546. The predicted octanol–water partition coefficient (Wildman–Crippen LogP) is 1.46. The van der Waals surface area contributed by atoms with E-state index in [1.54, 1.807) is 13.3 Å². The van der Waals surface area contributed by atoms with Gasteiger partial charge in [-0.15, -0.1) is 0 Å². The number of rotatable bonds is 5. The zero-order valence-electron chi connectivity index (χ0n) is 13.7. The van der Waals surface area contributed by atoms with E-state index < -0.39 is 0 Å². The van der Waals surface area contributed by atoms with Gasteiger partial charge in [0.15, 0.2) is 0 Å². The van der Waals surface area contributed by atoms with Crippen LogP contribution in [0.25, 0.3) is 0 Å². The smallest absolute Gasteiger partial charge is 0.253 e. The van der Waals surface area contributed by atoms with Gasteiger partial charge in [0.1, 0.15) is 5.82 Å². The van der Waals surface area contributed by atoms with Gasteiger partial charge in [0.05, 0.1) is 24.4 Å². The highest BCUT2D eigenvalue weighted by molar-refractivity contribution is 5.94. The standard InChI is InChI=1S/C16H25N3O3/c1-11(10-21-4)18-16(20)14-5-6-15(17-7-14)19-8-12(2)22-13(3)9-19/h5-7,11-13H,8-10H2,1-4H3,(H,18,20)/t11-,12-,13+/m0/s1. The van der Waals surface area contributed by atoms with Gasteiger partial charge in [-0.25, -0.2) is 4.98 Å². The van der Waals surface area contributed by atoms with Crippen molar-refractivity contribution >= 4 is 11.7 Å². The molecule has 6 heteroatoms. The second kappa shape index (κ2) is 7.56. The number of pyridine rings is 1. The van der Waals surface area contributed by atoms with Gasteiger partial charge >= 0.3 is 0 Å². The molecule has 22 heavy (non-hydrogen) atoms. The van der Waals surface area contributed by atoms with Crippen LogP contribution in [0.3, 0.4) is 0 Å². The molecule has 6 nitrogen and oxygen atoms in total. The fraction of sp³-hybridized carbons (Fsp3) is 0.625. The molecular weight excluding hydrogens is 282 g/mol. The molecule has 0 aromatic carbocycles. The molecule has 1 amide bonds. The Balaban J connectivity index is 1.99. The highest BCUT2D eigenvalue weighted by atomic mass is 16.5. The van der Waals surface area contributed by atoms with E-state index in [9.17, 15) is 4.79 Å². The Hall–Kier alpha value is -1.66. The molecule has 1 aliphatic rings. The first kappa shape index (κ1) is 16.7. The van der Waals surface area contributed by atoms with Gasteiger partial charge < -0.3 is 19.7 Å². The van der Waals surface area contributed by atoms with Gasteiger partial charge in [-0.2, -0.15) is 0 Å². The minimum absolute atomic E-state index is 0.0295. The Labute approximate surface area is 131 Å². The molecule has 1 fully saturated rings. The van der Waals surface area contributed by atoms with Crippen molar-refractivity contribution in [3.63, 3.8) is 0 Å². The second-order valence-corrected chi connectivity index (χ2v) is 5.90. The van der Waals surface area contributed by atoms with Crippen molar-refractivity contribution in [2.45, 2.75) is 39.0 Å². The Morgan fingerprint density at radius 3 is 2.68 bits per heavy atom. The normalized spacial score (nSPS) is 23.2. The Kier molecular flexibility index (Phi) is 5.74. The van der Waals surface area contributed by atoms with Crippen LogP contribution in [0.15, 0.2) is 18.3 Å². The quantitative estimate of drug-likeness (QED) is 0.892. The first-order valence-electron chi connectivity index (χ1n) is 7.66.